The molecule has 38 heavy (non-hydrogen) atoms. The number of imidazole rings is 1. The number of anilines is 1. The zero-order valence-corrected chi connectivity index (χ0v) is 21.8. The van der Waals surface area contributed by atoms with Crippen LogP contribution in [0, 0.1) is 17.8 Å². The number of fused-ring (bicyclic) bond motifs is 1. The molecular formula is C28H33N7O3. The standard InChI is InChI=1S/C28H33N7O3/c1-16-11-13-18(14-12-16)15-35-21-23(29-17(2)19-9-6-10-19)30-25(26-33-28(37)38-34-26)31-24(21)32-27(35)22(36)20-7-4-3-5-8-20/h3-5,7-8,16-19H,6,9-15H2,1-2H3,(H,29,30,31)(H,33,34,37)/t16?,17-,18?/m1/s1. The van der Waals surface area contributed by atoms with Gasteiger partial charge in [0, 0.05) is 18.2 Å². The number of aromatic amines is 1. The first kappa shape index (κ1) is 24.5. The second-order valence-electron chi connectivity index (χ2n) is 11.0. The minimum Gasteiger partial charge on any atom is -0.365 e. The fraction of sp³-hybridized carbons (Fsp3) is 0.500. The van der Waals surface area contributed by atoms with Gasteiger partial charge in [-0.2, -0.15) is 0 Å². The van der Waals surface area contributed by atoms with E-state index in [-0.39, 0.29) is 23.5 Å². The van der Waals surface area contributed by atoms with Gasteiger partial charge in [-0.3, -0.25) is 14.3 Å². The molecule has 2 saturated carbocycles. The lowest BCUT2D eigenvalue weighted by atomic mass is 9.80. The Morgan fingerprint density at radius 1 is 1.11 bits per heavy atom. The zero-order chi connectivity index (χ0) is 26.2. The van der Waals surface area contributed by atoms with Crippen LogP contribution in [0.5, 0.6) is 0 Å². The number of hydrogen-bond acceptors (Lipinski definition) is 8. The average molecular weight is 516 g/mol. The molecule has 3 heterocycles. The highest BCUT2D eigenvalue weighted by Crippen LogP contribution is 2.35. The van der Waals surface area contributed by atoms with E-state index in [9.17, 15) is 9.59 Å². The number of benzene rings is 1. The number of ketones is 1. The monoisotopic (exact) mass is 515 g/mol. The van der Waals surface area contributed by atoms with Gasteiger partial charge in [0.25, 0.3) is 0 Å². The summed E-state index contributed by atoms with van der Waals surface area (Å²) in [5.74, 6) is 2.16. The number of nitrogens with zero attached hydrogens (tertiary/aromatic N) is 5. The molecule has 1 atom stereocenters. The maximum atomic E-state index is 13.8. The summed E-state index contributed by atoms with van der Waals surface area (Å²) in [4.78, 5) is 42.2. The molecule has 2 N–H and O–H groups in total. The van der Waals surface area contributed by atoms with Crippen molar-refractivity contribution in [2.75, 3.05) is 5.32 Å². The van der Waals surface area contributed by atoms with Crippen molar-refractivity contribution in [3.05, 3.63) is 52.3 Å². The molecule has 3 aromatic heterocycles. The lowest BCUT2D eigenvalue weighted by Crippen LogP contribution is -2.31. The number of carbonyl (C=O) groups excluding carboxylic acids is 1. The number of rotatable bonds is 8. The smallest absolute Gasteiger partial charge is 0.365 e. The quantitative estimate of drug-likeness (QED) is 0.319. The van der Waals surface area contributed by atoms with Crippen LogP contribution in [0.1, 0.15) is 75.0 Å². The van der Waals surface area contributed by atoms with E-state index >= 15 is 0 Å². The Balaban J connectivity index is 1.50. The van der Waals surface area contributed by atoms with Crippen molar-refractivity contribution in [2.45, 2.75) is 71.4 Å². The molecule has 0 bridgehead atoms. The van der Waals surface area contributed by atoms with E-state index in [0.29, 0.717) is 46.8 Å². The molecule has 10 heteroatoms. The molecule has 2 aliphatic rings. The third-order valence-corrected chi connectivity index (χ3v) is 8.29. The molecule has 10 nitrogen and oxygen atoms in total. The Kier molecular flexibility index (Phi) is 6.55. The molecular weight excluding hydrogens is 482 g/mol. The van der Waals surface area contributed by atoms with Gasteiger partial charge in [0.15, 0.2) is 17.3 Å². The molecule has 0 radical (unpaired) electrons. The third-order valence-electron chi connectivity index (χ3n) is 8.29. The number of aromatic nitrogens is 6. The van der Waals surface area contributed by atoms with Gasteiger partial charge in [-0.15, -0.1) is 0 Å². The maximum Gasteiger partial charge on any atom is 0.439 e. The molecule has 6 rings (SSSR count). The summed E-state index contributed by atoms with van der Waals surface area (Å²) in [7, 11) is 0. The van der Waals surface area contributed by atoms with Crippen molar-refractivity contribution >= 4 is 22.8 Å². The molecule has 1 aromatic carbocycles. The maximum absolute atomic E-state index is 13.8. The van der Waals surface area contributed by atoms with E-state index in [1.54, 1.807) is 0 Å². The Hall–Kier alpha value is -3.82. The van der Waals surface area contributed by atoms with E-state index in [1.807, 2.05) is 34.9 Å². The van der Waals surface area contributed by atoms with Crippen LogP contribution in [0.25, 0.3) is 22.8 Å². The molecule has 0 unspecified atom stereocenters. The van der Waals surface area contributed by atoms with Crippen LogP contribution in [0.3, 0.4) is 0 Å². The Morgan fingerprint density at radius 3 is 2.53 bits per heavy atom. The van der Waals surface area contributed by atoms with Crippen molar-refractivity contribution in [1.82, 2.24) is 29.7 Å². The molecule has 0 saturated heterocycles. The third kappa shape index (κ3) is 4.75. The van der Waals surface area contributed by atoms with Crippen LogP contribution >= 0.6 is 0 Å². The van der Waals surface area contributed by atoms with Crippen LogP contribution in [0.15, 0.2) is 39.6 Å². The minimum absolute atomic E-state index is 0.128. The summed E-state index contributed by atoms with van der Waals surface area (Å²) in [6, 6.07) is 9.40. The molecule has 0 amide bonds. The highest BCUT2D eigenvalue weighted by Gasteiger charge is 2.30. The van der Waals surface area contributed by atoms with Crippen LogP contribution < -0.4 is 11.1 Å². The van der Waals surface area contributed by atoms with E-state index in [4.69, 9.17) is 14.5 Å². The van der Waals surface area contributed by atoms with Gasteiger partial charge < -0.3 is 9.88 Å². The second-order valence-corrected chi connectivity index (χ2v) is 11.0. The highest BCUT2D eigenvalue weighted by molar-refractivity contribution is 6.08. The SMILES string of the molecule is CC1CCC(Cn2c(C(=O)c3ccccc3)nc3nc(-c4noc(=O)[nH]4)nc(N[C@H](C)C4CCC4)c32)CC1. The predicted molar refractivity (Wildman–Crippen MR) is 143 cm³/mol. The van der Waals surface area contributed by atoms with Crippen molar-refractivity contribution in [3.8, 4) is 11.6 Å². The van der Waals surface area contributed by atoms with Crippen LogP contribution in [0.2, 0.25) is 0 Å². The van der Waals surface area contributed by atoms with Gasteiger partial charge >= 0.3 is 5.76 Å². The fourth-order valence-corrected chi connectivity index (χ4v) is 5.68. The molecule has 0 aliphatic heterocycles. The summed E-state index contributed by atoms with van der Waals surface area (Å²) in [6.07, 6.45) is 8.16. The first-order valence-electron chi connectivity index (χ1n) is 13.7. The van der Waals surface area contributed by atoms with E-state index in [1.165, 1.54) is 32.1 Å². The minimum atomic E-state index is -0.682. The number of H-pyrrole nitrogens is 1. The number of carbonyl (C=O) groups is 1. The lowest BCUT2D eigenvalue weighted by molar-refractivity contribution is 0.102. The largest absolute Gasteiger partial charge is 0.439 e. The van der Waals surface area contributed by atoms with Gasteiger partial charge in [0.05, 0.1) is 0 Å². The summed E-state index contributed by atoms with van der Waals surface area (Å²) < 4.78 is 6.73. The summed E-state index contributed by atoms with van der Waals surface area (Å²) >= 11 is 0. The zero-order valence-electron chi connectivity index (χ0n) is 21.8. The second kappa shape index (κ2) is 10.2. The molecule has 2 aliphatic carbocycles. The first-order valence-corrected chi connectivity index (χ1v) is 13.7. The number of hydrogen-bond donors (Lipinski definition) is 2. The molecule has 0 spiro atoms. The van der Waals surface area contributed by atoms with E-state index < -0.39 is 5.76 Å². The normalized spacial score (nSPS) is 20.8. The number of nitrogens with one attached hydrogen (secondary N) is 2. The Labute approximate surface area is 220 Å². The summed E-state index contributed by atoms with van der Waals surface area (Å²) in [6.45, 7) is 5.14. The fourth-order valence-electron chi connectivity index (χ4n) is 5.68. The summed E-state index contributed by atoms with van der Waals surface area (Å²) in [5.41, 5.74) is 1.68. The van der Waals surface area contributed by atoms with Crippen LogP contribution in [0.4, 0.5) is 5.82 Å². The molecule has 2 fully saturated rings. The van der Waals surface area contributed by atoms with Crippen molar-refractivity contribution < 1.29 is 9.32 Å². The Morgan fingerprint density at radius 2 is 1.87 bits per heavy atom. The van der Waals surface area contributed by atoms with Crippen LogP contribution in [-0.2, 0) is 6.54 Å². The Bertz CT molecular complexity index is 1490. The average Bonchev–Trinajstić information content (AvgIpc) is 3.48. The van der Waals surface area contributed by atoms with E-state index in [0.717, 1.165) is 18.8 Å². The van der Waals surface area contributed by atoms with Gasteiger partial charge in [-0.05, 0) is 50.4 Å². The van der Waals surface area contributed by atoms with Crippen LogP contribution in [-0.4, -0.2) is 41.5 Å². The molecule has 198 valence electrons. The van der Waals surface area contributed by atoms with Crippen molar-refractivity contribution in [3.63, 3.8) is 0 Å². The van der Waals surface area contributed by atoms with Gasteiger partial charge in [-0.25, -0.2) is 19.7 Å². The first-order chi connectivity index (χ1) is 18.5. The van der Waals surface area contributed by atoms with Crippen molar-refractivity contribution in [1.29, 1.82) is 0 Å². The predicted octanol–water partition coefficient (Wildman–Crippen LogP) is 4.83. The van der Waals surface area contributed by atoms with Gasteiger partial charge in [0.2, 0.25) is 17.4 Å². The van der Waals surface area contributed by atoms with Crippen molar-refractivity contribution in [2.24, 2.45) is 17.8 Å². The lowest BCUT2D eigenvalue weighted by Gasteiger charge is -2.32. The molecule has 4 aromatic rings. The highest BCUT2D eigenvalue weighted by atomic mass is 16.5. The van der Waals surface area contributed by atoms with Gasteiger partial charge in [-0.1, -0.05) is 61.7 Å². The topological polar surface area (TPSA) is 132 Å². The summed E-state index contributed by atoms with van der Waals surface area (Å²) in [5, 5.41) is 7.40. The van der Waals surface area contributed by atoms with E-state index in [2.05, 4.69) is 34.3 Å². The van der Waals surface area contributed by atoms with Gasteiger partial charge in [0.1, 0.15) is 5.52 Å².